The van der Waals surface area contributed by atoms with E-state index in [2.05, 4.69) is 6.92 Å². The topological polar surface area (TPSA) is 26.0 Å². The van der Waals surface area contributed by atoms with Crippen LogP contribution in [0.25, 0.3) is 0 Å². The van der Waals surface area contributed by atoms with E-state index in [1.165, 1.54) is 17.9 Å². The minimum atomic E-state index is 0.476. The van der Waals surface area contributed by atoms with Crippen molar-refractivity contribution in [1.29, 1.82) is 0 Å². The Morgan fingerprint density at radius 3 is 2.62 bits per heavy atom. The monoisotopic (exact) mass is 131 g/mol. The van der Waals surface area contributed by atoms with Gasteiger partial charge in [-0.15, -0.1) is 0 Å². The van der Waals surface area contributed by atoms with Crippen LogP contribution in [0.4, 0.5) is 0 Å². The molecule has 8 heavy (non-hydrogen) atoms. The molecular weight excluding hydrogens is 118 g/mol. The highest BCUT2D eigenvalue weighted by molar-refractivity contribution is 7.99. The van der Waals surface area contributed by atoms with Gasteiger partial charge in [-0.05, 0) is 18.1 Å². The van der Waals surface area contributed by atoms with Crippen LogP contribution >= 0.6 is 11.8 Å². The fourth-order valence-electron chi connectivity index (χ4n) is 1.07. The van der Waals surface area contributed by atoms with Crippen molar-refractivity contribution >= 4 is 11.8 Å². The van der Waals surface area contributed by atoms with Gasteiger partial charge in [0.25, 0.3) is 0 Å². The molecule has 1 fully saturated rings. The van der Waals surface area contributed by atoms with Gasteiger partial charge in [-0.25, -0.2) is 0 Å². The molecule has 0 amide bonds. The standard InChI is InChI=1S/C6H13NS/c1-5-2-6(7)4-8-3-5/h5-6H,2-4,7H2,1H3/t5-,6-/m0/s1. The van der Waals surface area contributed by atoms with Crippen LogP contribution in [0.2, 0.25) is 0 Å². The lowest BCUT2D eigenvalue weighted by Gasteiger charge is -2.22. The molecule has 1 saturated heterocycles. The van der Waals surface area contributed by atoms with Crippen LogP contribution in [0.1, 0.15) is 13.3 Å². The summed E-state index contributed by atoms with van der Waals surface area (Å²) >= 11 is 1.99. The summed E-state index contributed by atoms with van der Waals surface area (Å²) in [6.07, 6.45) is 1.23. The van der Waals surface area contributed by atoms with Gasteiger partial charge in [-0.2, -0.15) is 11.8 Å². The van der Waals surface area contributed by atoms with Crippen molar-refractivity contribution in [2.75, 3.05) is 11.5 Å². The second-order valence-electron chi connectivity index (χ2n) is 2.64. The largest absolute Gasteiger partial charge is 0.327 e. The SMILES string of the molecule is C[C@@H]1CSC[C@@H](N)C1. The first-order chi connectivity index (χ1) is 3.79. The highest BCUT2D eigenvalue weighted by atomic mass is 32.2. The quantitative estimate of drug-likeness (QED) is 0.532. The first kappa shape index (κ1) is 6.43. The van der Waals surface area contributed by atoms with Crippen LogP contribution < -0.4 is 5.73 Å². The molecule has 2 atom stereocenters. The minimum Gasteiger partial charge on any atom is -0.327 e. The van der Waals surface area contributed by atoms with Crippen LogP contribution in [0.3, 0.4) is 0 Å². The molecule has 2 N–H and O–H groups in total. The smallest absolute Gasteiger partial charge is 0.0133 e. The molecule has 0 saturated carbocycles. The van der Waals surface area contributed by atoms with Crippen LogP contribution in [0, 0.1) is 5.92 Å². The first-order valence-electron chi connectivity index (χ1n) is 3.12. The average molecular weight is 131 g/mol. The van der Waals surface area contributed by atoms with E-state index in [4.69, 9.17) is 5.73 Å². The molecule has 48 valence electrons. The van der Waals surface area contributed by atoms with Gasteiger partial charge in [0.15, 0.2) is 0 Å². The molecule has 0 aliphatic carbocycles. The molecule has 0 radical (unpaired) electrons. The summed E-state index contributed by atoms with van der Waals surface area (Å²) in [5.41, 5.74) is 5.70. The maximum atomic E-state index is 5.70. The van der Waals surface area contributed by atoms with Crippen LogP contribution in [-0.2, 0) is 0 Å². The van der Waals surface area contributed by atoms with Crippen molar-refractivity contribution in [1.82, 2.24) is 0 Å². The second kappa shape index (κ2) is 2.74. The lowest BCUT2D eigenvalue weighted by atomic mass is 10.1. The average Bonchev–Trinajstić information content (AvgIpc) is 1.64. The summed E-state index contributed by atoms with van der Waals surface area (Å²) in [7, 11) is 0. The van der Waals surface area contributed by atoms with Crippen LogP contribution in [-0.4, -0.2) is 17.5 Å². The molecule has 1 aliphatic heterocycles. The van der Waals surface area contributed by atoms with Gasteiger partial charge >= 0.3 is 0 Å². The fourth-order valence-corrected chi connectivity index (χ4v) is 2.19. The van der Waals surface area contributed by atoms with Gasteiger partial charge in [0.05, 0.1) is 0 Å². The van der Waals surface area contributed by atoms with Gasteiger partial charge < -0.3 is 5.73 Å². The third-order valence-corrected chi connectivity index (χ3v) is 2.91. The number of thioether (sulfide) groups is 1. The zero-order chi connectivity index (χ0) is 5.98. The van der Waals surface area contributed by atoms with E-state index in [0.29, 0.717) is 6.04 Å². The molecule has 0 aromatic heterocycles. The summed E-state index contributed by atoms with van der Waals surface area (Å²) in [4.78, 5) is 0. The molecule has 2 heteroatoms. The van der Waals surface area contributed by atoms with Crippen molar-refractivity contribution in [3.05, 3.63) is 0 Å². The number of rotatable bonds is 0. The van der Waals surface area contributed by atoms with Crippen LogP contribution in [0.15, 0.2) is 0 Å². The molecule has 0 bridgehead atoms. The highest BCUT2D eigenvalue weighted by Crippen LogP contribution is 2.20. The van der Waals surface area contributed by atoms with Crippen molar-refractivity contribution in [3.8, 4) is 0 Å². The Morgan fingerprint density at radius 1 is 1.50 bits per heavy atom. The van der Waals surface area contributed by atoms with Gasteiger partial charge in [0, 0.05) is 11.8 Å². The van der Waals surface area contributed by atoms with Crippen LogP contribution in [0.5, 0.6) is 0 Å². The van der Waals surface area contributed by atoms with Crippen molar-refractivity contribution in [3.63, 3.8) is 0 Å². The number of hydrogen-bond donors (Lipinski definition) is 1. The second-order valence-corrected chi connectivity index (χ2v) is 3.71. The molecule has 1 heterocycles. The molecule has 0 aromatic rings. The maximum absolute atomic E-state index is 5.70. The predicted molar refractivity (Wildman–Crippen MR) is 39.1 cm³/mol. The molecular formula is C6H13NS. The summed E-state index contributed by atoms with van der Waals surface area (Å²) in [5, 5.41) is 0. The Balaban J connectivity index is 2.23. The molecule has 1 nitrogen and oxygen atoms in total. The van der Waals surface area contributed by atoms with Gasteiger partial charge in [0.1, 0.15) is 0 Å². The van der Waals surface area contributed by atoms with E-state index >= 15 is 0 Å². The number of nitrogens with two attached hydrogens (primary N) is 1. The van der Waals surface area contributed by atoms with Crippen molar-refractivity contribution in [2.45, 2.75) is 19.4 Å². The Bertz CT molecular complexity index is 66.9. The van der Waals surface area contributed by atoms with E-state index < -0.39 is 0 Å². The third-order valence-electron chi connectivity index (χ3n) is 1.44. The van der Waals surface area contributed by atoms with Gasteiger partial charge in [0.2, 0.25) is 0 Å². The predicted octanol–water partition coefficient (Wildman–Crippen LogP) is 1.09. The van der Waals surface area contributed by atoms with Gasteiger partial charge in [-0.3, -0.25) is 0 Å². The summed E-state index contributed by atoms with van der Waals surface area (Å²) < 4.78 is 0. The zero-order valence-corrected chi connectivity index (χ0v) is 6.08. The van der Waals surface area contributed by atoms with Crippen molar-refractivity contribution < 1.29 is 0 Å². The molecule has 0 unspecified atom stereocenters. The third kappa shape index (κ3) is 1.67. The Morgan fingerprint density at radius 2 is 2.25 bits per heavy atom. The Labute approximate surface area is 55.0 Å². The van der Waals surface area contributed by atoms with E-state index in [-0.39, 0.29) is 0 Å². The summed E-state index contributed by atoms with van der Waals surface area (Å²) in [6.45, 7) is 2.27. The van der Waals surface area contributed by atoms with Crippen molar-refractivity contribution in [2.24, 2.45) is 11.7 Å². The zero-order valence-electron chi connectivity index (χ0n) is 5.26. The molecule has 1 rings (SSSR count). The molecule has 0 aromatic carbocycles. The normalized spacial score (nSPS) is 39.8. The van der Waals surface area contributed by atoms with E-state index in [1.54, 1.807) is 0 Å². The van der Waals surface area contributed by atoms with Gasteiger partial charge in [-0.1, -0.05) is 6.92 Å². The summed E-state index contributed by atoms with van der Waals surface area (Å²) in [6, 6.07) is 0.476. The maximum Gasteiger partial charge on any atom is 0.0133 e. The Kier molecular flexibility index (Phi) is 2.20. The van der Waals surface area contributed by atoms with E-state index in [0.717, 1.165) is 5.92 Å². The fraction of sp³-hybridized carbons (Fsp3) is 1.00. The number of hydrogen-bond acceptors (Lipinski definition) is 2. The Hall–Kier alpha value is 0.310. The van der Waals surface area contributed by atoms with E-state index in [1.807, 2.05) is 11.8 Å². The lowest BCUT2D eigenvalue weighted by molar-refractivity contribution is 0.516. The highest BCUT2D eigenvalue weighted by Gasteiger charge is 2.14. The lowest BCUT2D eigenvalue weighted by Crippen LogP contribution is -2.30. The van der Waals surface area contributed by atoms with E-state index in [9.17, 15) is 0 Å². The molecule has 1 aliphatic rings. The summed E-state index contributed by atoms with van der Waals surface area (Å²) in [5.74, 6) is 3.33. The minimum absolute atomic E-state index is 0.476. The molecule has 0 spiro atoms. The first-order valence-corrected chi connectivity index (χ1v) is 4.28.